The van der Waals surface area contributed by atoms with Crippen molar-refractivity contribution in [3.63, 3.8) is 0 Å². The number of aliphatic hydroxyl groups is 1. The molecule has 1 aromatic heterocycles. The number of rotatable bonds is 7. The van der Waals surface area contributed by atoms with Gasteiger partial charge >= 0.3 is 0 Å². The number of ether oxygens (including phenoxy) is 1. The van der Waals surface area contributed by atoms with Gasteiger partial charge < -0.3 is 14.3 Å². The number of piperazine rings is 1. The van der Waals surface area contributed by atoms with Gasteiger partial charge in [0.1, 0.15) is 18.1 Å². The summed E-state index contributed by atoms with van der Waals surface area (Å²) in [7, 11) is 1.69. The summed E-state index contributed by atoms with van der Waals surface area (Å²) in [5.41, 5.74) is 0. The molecule has 1 N–H and O–H groups in total. The third-order valence-electron chi connectivity index (χ3n) is 5.50. The first-order chi connectivity index (χ1) is 11.8. The van der Waals surface area contributed by atoms with Gasteiger partial charge in [0, 0.05) is 45.4 Å². The summed E-state index contributed by atoms with van der Waals surface area (Å²) in [4.78, 5) is 5.15. The van der Waals surface area contributed by atoms with Crippen LogP contribution in [0.2, 0.25) is 0 Å². The van der Waals surface area contributed by atoms with E-state index in [9.17, 15) is 5.11 Å². The molecule has 1 aliphatic heterocycles. The highest BCUT2D eigenvalue weighted by atomic mass is 16.5. The Balaban J connectivity index is 1.57. The highest BCUT2D eigenvalue weighted by Crippen LogP contribution is 2.27. The van der Waals surface area contributed by atoms with Gasteiger partial charge in [0.2, 0.25) is 0 Å². The van der Waals surface area contributed by atoms with Gasteiger partial charge in [-0.2, -0.15) is 0 Å². The van der Waals surface area contributed by atoms with Crippen molar-refractivity contribution in [1.29, 1.82) is 0 Å². The van der Waals surface area contributed by atoms with Crippen LogP contribution in [0.3, 0.4) is 0 Å². The molecule has 0 radical (unpaired) electrons. The fourth-order valence-corrected chi connectivity index (χ4v) is 4.32. The van der Waals surface area contributed by atoms with Crippen LogP contribution in [0.5, 0.6) is 0 Å². The lowest BCUT2D eigenvalue weighted by Gasteiger charge is -2.46. The smallest absolute Gasteiger partial charge is 0.129 e. The minimum Gasteiger partial charge on any atom is -0.462 e. The quantitative estimate of drug-likeness (QED) is 0.829. The van der Waals surface area contributed by atoms with Crippen molar-refractivity contribution in [1.82, 2.24) is 9.80 Å². The van der Waals surface area contributed by atoms with Crippen molar-refractivity contribution in [3.05, 3.63) is 23.7 Å². The molecule has 3 rings (SSSR count). The predicted molar refractivity (Wildman–Crippen MR) is 93.8 cm³/mol. The standard InChI is InChI=1S/C19H32N2O3/c1-23-15-19-8-7-18(24-19)14-20-10-11-21(17(13-20)9-12-22)16-5-3-2-4-6-16/h7-8,16-17,22H,2-6,9-15H2,1H3/t17-/m0/s1. The summed E-state index contributed by atoms with van der Waals surface area (Å²) in [6.07, 6.45) is 7.67. The second kappa shape index (κ2) is 8.99. The number of aliphatic hydroxyl groups excluding tert-OH is 1. The SMILES string of the molecule is COCc1ccc(CN2CCN(C3CCCCC3)[C@@H](CCO)C2)o1. The number of hydrogen-bond donors (Lipinski definition) is 1. The topological polar surface area (TPSA) is 49.1 Å². The fraction of sp³-hybridized carbons (Fsp3) is 0.789. The Morgan fingerprint density at radius 3 is 2.71 bits per heavy atom. The lowest BCUT2D eigenvalue weighted by molar-refractivity contribution is 0.0113. The fourth-order valence-electron chi connectivity index (χ4n) is 4.32. The Bertz CT molecular complexity index is 485. The third kappa shape index (κ3) is 4.60. The lowest BCUT2D eigenvalue weighted by Crippen LogP contribution is -2.56. The first-order valence-electron chi connectivity index (χ1n) is 9.45. The van der Waals surface area contributed by atoms with Crippen molar-refractivity contribution in [2.75, 3.05) is 33.4 Å². The highest BCUT2D eigenvalue weighted by molar-refractivity contribution is 5.06. The van der Waals surface area contributed by atoms with Gasteiger partial charge in [-0.15, -0.1) is 0 Å². The maximum absolute atomic E-state index is 9.50. The number of hydrogen-bond acceptors (Lipinski definition) is 5. The molecule has 0 bridgehead atoms. The molecule has 0 aromatic carbocycles. The average Bonchev–Trinajstić information content (AvgIpc) is 3.04. The number of nitrogens with zero attached hydrogens (tertiary/aromatic N) is 2. The molecule has 1 saturated heterocycles. The van der Waals surface area contributed by atoms with Crippen LogP contribution < -0.4 is 0 Å². The van der Waals surface area contributed by atoms with Gasteiger partial charge in [-0.3, -0.25) is 9.80 Å². The van der Waals surface area contributed by atoms with Crippen LogP contribution in [0.1, 0.15) is 50.0 Å². The normalized spacial score (nSPS) is 24.5. The van der Waals surface area contributed by atoms with Gasteiger partial charge in [0.05, 0.1) is 6.54 Å². The summed E-state index contributed by atoms with van der Waals surface area (Å²) in [6.45, 7) is 4.88. The Morgan fingerprint density at radius 1 is 1.17 bits per heavy atom. The molecule has 5 nitrogen and oxygen atoms in total. The summed E-state index contributed by atoms with van der Waals surface area (Å²) < 4.78 is 11.0. The van der Waals surface area contributed by atoms with Crippen molar-refractivity contribution < 1.29 is 14.3 Å². The van der Waals surface area contributed by atoms with E-state index in [1.807, 2.05) is 6.07 Å². The van der Waals surface area contributed by atoms with Crippen molar-refractivity contribution in [2.24, 2.45) is 0 Å². The molecule has 24 heavy (non-hydrogen) atoms. The van der Waals surface area contributed by atoms with Crippen LogP contribution in [0.4, 0.5) is 0 Å². The average molecular weight is 336 g/mol. The Kier molecular flexibility index (Phi) is 6.72. The lowest BCUT2D eigenvalue weighted by atomic mass is 9.92. The molecule has 1 aromatic rings. The first kappa shape index (κ1) is 17.9. The zero-order valence-corrected chi connectivity index (χ0v) is 15.0. The molecule has 0 unspecified atom stereocenters. The first-order valence-corrected chi connectivity index (χ1v) is 9.45. The minimum atomic E-state index is 0.278. The van der Waals surface area contributed by atoms with E-state index in [2.05, 4.69) is 15.9 Å². The van der Waals surface area contributed by atoms with Crippen LogP contribution in [0, 0.1) is 0 Å². The minimum absolute atomic E-state index is 0.278. The largest absolute Gasteiger partial charge is 0.462 e. The van der Waals surface area contributed by atoms with Crippen LogP contribution in [0.15, 0.2) is 16.5 Å². The number of furan rings is 1. The van der Waals surface area contributed by atoms with Crippen molar-refractivity contribution in [2.45, 2.75) is 63.8 Å². The maximum atomic E-state index is 9.50. The Morgan fingerprint density at radius 2 is 1.96 bits per heavy atom. The van der Waals surface area contributed by atoms with E-state index >= 15 is 0 Å². The van der Waals surface area contributed by atoms with Gasteiger partial charge in [-0.05, 0) is 31.4 Å². The van der Waals surface area contributed by atoms with Gasteiger partial charge in [-0.1, -0.05) is 19.3 Å². The zero-order valence-electron chi connectivity index (χ0n) is 15.0. The molecule has 5 heteroatoms. The second-order valence-corrected chi connectivity index (χ2v) is 7.23. The summed E-state index contributed by atoms with van der Waals surface area (Å²) >= 11 is 0. The zero-order chi connectivity index (χ0) is 16.8. The van der Waals surface area contributed by atoms with Crippen molar-refractivity contribution >= 4 is 0 Å². The molecule has 0 spiro atoms. The molecule has 2 aliphatic rings. The van der Waals surface area contributed by atoms with Gasteiger partial charge in [0.15, 0.2) is 0 Å². The third-order valence-corrected chi connectivity index (χ3v) is 5.50. The molecule has 2 heterocycles. The molecule has 1 aliphatic carbocycles. The van der Waals surface area contributed by atoms with E-state index in [1.165, 1.54) is 32.1 Å². The van der Waals surface area contributed by atoms with E-state index in [1.54, 1.807) is 7.11 Å². The Labute approximate surface area is 145 Å². The van der Waals surface area contributed by atoms with E-state index < -0.39 is 0 Å². The van der Waals surface area contributed by atoms with E-state index in [0.717, 1.165) is 50.2 Å². The van der Waals surface area contributed by atoms with Crippen LogP contribution in [0.25, 0.3) is 0 Å². The maximum Gasteiger partial charge on any atom is 0.129 e. The molecular weight excluding hydrogens is 304 g/mol. The predicted octanol–water partition coefficient (Wildman–Crippen LogP) is 2.63. The van der Waals surface area contributed by atoms with Crippen LogP contribution >= 0.6 is 0 Å². The molecule has 1 atom stereocenters. The monoisotopic (exact) mass is 336 g/mol. The second-order valence-electron chi connectivity index (χ2n) is 7.23. The molecule has 136 valence electrons. The van der Waals surface area contributed by atoms with Gasteiger partial charge in [0.25, 0.3) is 0 Å². The van der Waals surface area contributed by atoms with E-state index in [4.69, 9.17) is 9.15 Å². The summed E-state index contributed by atoms with van der Waals surface area (Å²) in [5.74, 6) is 1.90. The highest BCUT2D eigenvalue weighted by Gasteiger charge is 2.32. The molecule has 0 amide bonds. The number of methoxy groups -OCH3 is 1. The van der Waals surface area contributed by atoms with Crippen LogP contribution in [-0.4, -0.2) is 60.3 Å². The molecule has 1 saturated carbocycles. The van der Waals surface area contributed by atoms with Crippen LogP contribution in [-0.2, 0) is 17.9 Å². The van der Waals surface area contributed by atoms with E-state index in [0.29, 0.717) is 12.6 Å². The van der Waals surface area contributed by atoms with E-state index in [-0.39, 0.29) is 6.61 Å². The molecule has 2 fully saturated rings. The summed E-state index contributed by atoms with van der Waals surface area (Å²) in [5, 5.41) is 9.50. The van der Waals surface area contributed by atoms with Gasteiger partial charge in [-0.25, -0.2) is 0 Å². The molecular formula is C19H32N2O3. The summed E-state index contributed by atoms with van der Waals surface area (Å²) in [6, 6.07) is 5.26. The van der Waals surface area contributed by atoms with Crippen molar-refractivity contribution in [3.8, 4) is 0 Å². The Hall–Kier alpha value is -0.880.